The first-order valence-corrected chi connectivity index (χ1v) is 10.6. The van der Waals surface area contributed by atoms with Crippen LogP contribution in [0.2, 0.25) is 0 Å². The van der Waals surface area contributed by atoms with Crippen LogP contribution in [-0.2, 0) is 16.2 Å². The Morgan fingerprint density at radius 2 is 1.53 bits per heavy atom. The molecule has 30 heavy (non-hydrogen) atoms. The van der Waals surface area contributed by atoms with Gasteiger partial charge in [-0.05, 0) is 65.5 Å². The quantitative estimate of drug-likeness (QED) is 0.439. The van der Waals surface area contributed by atoms with Gasteiger partial charge in [0.1, 0.15) is 12.4 Å². The van der Waals surface area contributed by atoms with Crippen LogP contribution in [0.25, 0.3) is 0 Å². The van der Waals surface area contributed by atoms with Crippen LogP contribution in [0.4, 0.5) is 0 Å². The zero-order valence-corrected chi connectivity index (χ0v) is 16.4. The highest BCUT2D eigenvalue weighted by Gasteiger charge is 2.67. The molecule has 0 aromatic heterocycles. The average molecular weight is 398 g/mol. The van der Waals surface area contributed by atoms with Gasteiger partial charge in [-0.15, -0.1) is 0 Å². The molecule has 2 aromatic carbocycles. The van der Waals surface area contributed by atoms with Crippen molar-refractivity contribution in [1.29, 1.82) is 0 Å². The van der Waals surface area contributed by atoms with E-state index < -0.39 is 0 Å². The van der Waals surface area contributed by atoms with Crippen LogP contribution in [0.5, 0.6) is 5.75 Å². The predicted octanol–water partition coefficient (Wildman–Crippen LogP) is 3.65. The first-order chi connectivity index (χ1) is 14.7. The molecule has 0 radical (unpaired) electrons. The topological polar surface area (TPSA) is 59.0 Å². The lowest BCUT2D eigenvalue weighted by molar-refractivity contribution is -0.140. The lowest BCUT2D eigenvalue weighted by atomic mass is 9.63. The van der Waals surface area contributed by atoms with Gasteiger partial charge < -0.3 is 4.74 Å². The van der Waals surface area contributed by atoms with Crippen molar-refractivity contribution in [3.63, 3.8) is 0 Å². The maximum Gasteiger partial charge on any atom is 0.254 e. The minimum atomic E-state index is -0.206. The van der Waals surface area contributed by atoms with E-state index in [-0.39, 0.29) is 35.5 Å². The highest BCUT2D eigenvalue weighted by molar-refractivity contribution is 6.06. The molecular weight excluding hydrogens is 376 g/mol. The second-order valence-electron chi connectivity index (χ2n) is 8.73. The van der Waals surface area contributed by atoms with Gasteiger partial charge in [0.2, 0.25) is 0 Å². The number of carbonyl (C=O) groups is 2. The summed E-state index contributed by atoms with van der Waals surface area (Å²) in [6.45, 7) is 0.506. The largest absolute Gasteiger partial charge is 0.489 e. The molecule has 150 valence electrons. The van der Waals surface area contributed by atoms with Crippen LogP contribution in [0.3, 0.4) is 0 Å². The third-order valence-electron chi connectivity index (χ3n) is 7.09. The second-order valence-corrected chi connectivity index (χ2v) is 8.73. The molecule has 0 unspecified atom stereocenters. The second kappa shape index (κ2) is 6.66. The first-order valence-electron chi connectivity index (χ1n) is 10.6. The van der Waals surface area contributed by atoms with Gasteiger partial charge in [-0.25, -0.2) is 0 Å². The Kier molecular flexibility index (Phi) is 3.91. The maximum absolute atomic E-state index is 12.9. The molecule has 5 nitrogen and oxygen atoms in total. The zero-order valence-electron chi connectivity index (χ0n) is 16.4. The normalized spacial score (nSPS) is 33.1. The predicted molar refractivity (Wildman–Crippen MR) is 111 cm³/mol. The number of ether oxygens (including phenoxy) is 1. The molecule has 1 aliphatic heterocycles. The fourth-order valence-electron chi connectivity index (χ4n) is 5.57. The van der Waals surface area contributed by atoms with Gasteiger partial charge in [-0.3, -0.25) is 9.59 Å². The molecule has 4 aliphatic carbocycles. The molecule has 3 fully saturated rings. The van der Waals surface area contributed by atoms with Gasteiger partial charge in [-0.2, -0.15) is 10.1 Å². The van der Waals surface area contributed by atoms with Crippen molar-refractivity contribution in [1.82, 2.24) is 5.01 Å². The van der Waals surface area contributed by atoms with Gasteiger partial charge in [0, 0.05) is 0 Å². The average Bonchev–Trinajstić information content (AvgIpc) is 3.57. The lowest BCUT2D eigenvalue weighted by Gasteiger charge is -2.37. The summed E-state index contributed by atoms with van der Waals surface area (Å²) in [5.41, 5.74) is 1.93. The van der Waals surface area contributed by atoms with Crippen molar-refractivity contribution in [2.24, 2.45) is 40.6 Å². The van der Waals surface area contributed by atoms with Crippen molar-refractivity contribution in [3.05, 3.63) is 77.9 Å². The Balaban J connectivity index is 1.13. The van der Waals surface area contributed by atoms with Crippen LogP contribution in [0.15, 0.2) is 71.9 Å². The summed E-state index contributed by atoms with van der Waals surface area (Å²) < 4.78 is 5.80. The molecule has 2 saturated carbocycles. The van der Waals surface area contributed by atoms with E-state index in [0.717, 1.165) is 28.3 Å². The van der Waals surface area contributed by atoms with Gasteiger partial charge in [0.15, 0.2) is 0 Å². The number of imide groups is 1. The van der Waals surface area contributed by atoms with Gasteiger partial charge >= 0.3 is 0 Å². The monoisotopic (exact) mass is 398 g/mol. The Morgan fingerprint density at radius 1 is 0.900 bits per heavy atom. The van der Waals surface area contributed by atoms with Crippen molar-refractivity contribution in [3.8, 4) is 5.75 Å². The molecule has 1 saturated heterocycles. The van der Waals surface area contributed by atoms with E-state index in [4.69, 9.17) is 4.74 Å². The summed E-state index contributed by atoms with van der Waals surface area (Å²) in [5, 5.41) is 5.40. The van der Waals surface area contributed by atoms with E-state index in [9.17, 15) is 9.59 Å². The number of amides is 2. The number of hydrogen-bond donors (Lipinski definition) is 0. The standard InChI is InChI=1S/C25H22N2O3/c28-24-22-18-10-11-19(21-12-20(18)21)23(22)25(29)27(24)26-13-15-6-8-17(9-7-15)30-14-16-4-2-1-3-5-16/h1-11,13,18-23H,12,14H2/b26-13-/t18-,19-,20-,21+,22-,23+/m0/s1. The molecule has 5 aliphatic rings. The highest BCUT2D eigenvalue weighted by Crippen LogP contribution is 2.65. The van der Waals surface area contributed by atoms with E-state index in [1.54, 1.807) is 6.21 Å². The van der Waals surface area contributed by atoms with Crippen molar-refractivity contribution in [2.45, 2.75) is 13.0 Å². The Labute approximate surface area is 175 Å². The number of allylic oxidation sites excluding steroid dienone is 2. The summed E-state index contributed by atoms with van der Waals surface area (Å²) in [7, 11) is 0. The first kappa shape index (κ1) is 17.6. The Hall–Kier alpha value is -3.21. The molecule has 7 rings (SSSR count). The third-order valence-corrected chi connectivity index (χ3v) is 7.09. The molecule has 2 aromatic rings. The smallest absolute Gasteiger partial charge is 0.254 e. The molecule has 0 N–H and O–H groups in total. The maximum atomic E-state index is 12.9. The van der Waals surface area contributed by atoms with E-state index >= 15 is 0 Å². The minimum absolute atomic E-state index is 0.131. The molecule has 0 spiro atoms. The number of carbonyl (C=O) groups excluding carboxylic acids is 2. The molecule has 6 atom stereocenters. The number of hydrogen-bond acceptors (Lipinski definition) is 4. The van der Waals surface area contributed by atoms with Crippen LogP contribution < -0.4 is 4.74 Å². The lowest BCUT2D eigenvalue weighted by Crippen LogP contribution is -2.40. The molecule has 2 amide bonds. The fraction of sp³-hybridized carbons (Fsp3) is 0.320. The number of nitrogens with zero attached hydrogens (tertiary/aromatic N) is 2. The number of rotatable bonds is 5. The van der Waals surface area contributed by atoms with Crippen LogP contribution in [0, 0.1) is 35.5 Å². The molecular formula is C25H22N2O3. The third kappa shape index (κ3) is 2.72. The van der Waals surface area contributed by atoms with E-state index in [1.165, 1.54) is 0 Å². The highest BCUT2D eigenvalue weighted by atomic mass is 16.5. The van der Waals surface area contributed by atoms with E-state index in [1.807, 2.05) is 54.6 Å². The summed E-state index contributed by atoms with van der Waals surface area (Å²) in [6, 6.07) is 17.5. The number of hydrazone groups is 1. The van der Waals surface area contributed by atoms with Crippen LogP contribution >= 0.6 is 0 Å². The van der Waals surface area contributed by atoms with Gasteiger partial charge in [-0.1, -0.05) is 42.5 Å². The summed E-state index contributed by atoms with van der Waals surface area (Å²) in [5.74, 6) is 1.74. The molecule has 1 heterocycles. The van der Waals surface area contributed by atoms with Gasteiger partial charge in [0.05, 0.1) is 18.1 Å². The van der Waals surface area contributed by atoms with Crippen molar-refractivity contribution in [2.75, 3.05) is 0 Å². The van der Waals surface area contributed by atoms with Crippen molar-refractivity contribution < 1.29 is 14.3 Å². The zero-order chi connectivity index (χ0) is 20.2. The SMILES string of the molecule is O=C1[C@@H]2[C@H]3C=C[C@@H]([C@@H]4C[C@H]34)[C@@H]2C(=O)N1/N=C\c1ccc(OCc2ccccc2)cc1. The van der Waals surface area contributed by atoms with Crippen molar-refractivity contribution >= 4 is 18.0 Å². The Bertz CT molecular complexity index is 1020. The molecule has 5 heteroatoms. The fourth-order valence-corrected chi connectivity index (χ4v) is 5.57. The van der Waals surface area contributed by atoms with Crippen LogP contribution in [0.1, 0.15) is 17.5 Å². The Morgan fingerprint density at radius 3 is 2.17 bits per heavy atom. The summed E-state index contributed by atoms with van der Waals surface area (Å²) >= 11 is 0. The minimum Gasteiger partial charge on any atom is -0.489 e. The summed E-state index contributed by atoms with van der Waals surface area (Å²) in [6.07, 6.45) is 7.10. The van der Waals surface area contributed by atoms with E-state index in [2.05, 4.69) is 17.3 Å². The number of benzene rings is 2. The van der Waals surface area contributed by atoms with Gasteiger partial charge in [0.25, 0.3) is 11.8 Å². The summed E-state index contributed by atoms with van der Waals surface area (Å²) in [4.78, 5) is 25.9. The van der Waals surface area contributed by atoms with Crippen LogP contribution in [-0.4, -0.2) is 23.0 Å². The van der Waals surface area contributed by atoms with E-state index in [0.29, 0.717) is 18.4 Å². The molecule has 2 bridgehead atoms.